The van der Waals surface area contributed by atoms with E-state index in [9.17, 15) is 13.6 Å². The Balaban J connectivity index is 0.991. The molecule has 3 N–H and O–H groups in total. The molecule has 7 rings (SSSR count). The van der Waals surface area contributed by atoms with Crippen LogP contribution in [0.15, 0.2) is 42.5 Å². The molecule has 5 aliphatic rings. The summed E-state index contributed by atoms with van der Waals surface area (Å²) in [6.07, 6.45) is 7.98. The lowest BCUT2D eigenvalue weighted by atomic mass is 9.73. The SMILES string of the molecule is O=C1Nc2ccccc2[C@]12C[C@H]2C1CCC2C(/C=C/c3cc(F)c(CN4CCOCC4)c(F)c3)NNC2C1. The summed E-state index contributed by atoms with van der Waals surface area (Å²) in [7, 11) is 0. The third-order valence-corrected chi connectivity index (χ3v) is 9.63. The number of hydrogen-bond donors (Lipinski definition) is 3. The first-order valence-corrected chi connectivity index (χ1v) is 13.9. The van der Waals surface area contributed by atoms with Crippen molar-refractivity contribution in [1.29, 1.82) is 0 Å². The molecule has 0 bridgehead atoms. The number of hydrogen-bond acceptors (Lipinski definition) is 5. The van der Waals surface area contributed by atoms with Crippen molar-refractivity contribution < 1.29 is 18.3 Å². The van der Waals surface area contributed by atoms with E-state index in [0.29, 0.717) is 55.7 Å². The first-order valence-electron chi connectivity index (χ1n) is 13.9. The van der Waals surface area contributed by atoms with Gasteiger partial charge in [-0.05, 0) is 72.8 Å². The molecule has 4 unspecified atom stereocenters. The number of fused-ring (bicyclic) bond motifs is 3. The van der Waals surface area contributed by atoms with Crippen molar-refractivity contribution in [2.45, 2.75) is 49.7 Å². The van der Waals surface area contributed by atoms with Gasteiger partial charge in [0, 0.05) is 43.0 Å². The average molecular weight is 521 g/mol. The van der Waals surface area contributed by atoms with Crippen molar-refractivity contribution in [1.82, 2.24) is 15.8 Å². The molecule has 8 heteroatoms. The molecular weight excluding hydrogens is 486 g/mol. The van der Waals surface area contributed by atoms with Crippen LogP contribution >= 0.6 is 0 Å². The Morgan fingerprint density at radius 2 is 1.87 bits per heavy atom. The van der Waals surface area contributed by atoms with Crippen molar-refractivity contribution in [3.8, 4) is 0 Å². The zero-order chi connectivity index (χ0) is 25.9. The Bertz CT molecular complexity index is 1260. The fraction of sp³-hybridized carbons (Fsp3) is 0.500. The number of halogens is 2. The molecule has 2 aliphatic carbocycles. The van der Waals surface area contributed by atoms with Crippen LogP contribution in [-0.2, 0) is 21.5 Å². The summed E-state index contributed by atoms with van der Waals surface area (Å²) in [5, 5.41) is 3.10. The van der Waals surface area contributed by atoms with Crippen molar-refractivity contribution in [3.63, 3.8) is 0 Å². The minimum absolute atomic E-state index is 0.101. The lowest BCUT2D eigenvalue weighted by molar-refractivity contribution is -0.118. The molecule has 38 heavy (non-hydrogen) atoms. The molecule has 200 valence electrons. The minimum Gasteiger partial charge on any atom is -0.379 e. The van der Waals surface area contributed by atoms with Gasteiger partial charge < -0.3 is 10.1 Å². The van der Waals surface area contributed by atoms with Gasteiger partial charge in [0.2, 0.25) is 5.91 Å². The van der Waals surface area contributed by atoms with Crippen molar-refractivity contribution in [3.05, 3.63) is 70.8 Å². The summed E-state index contributed by atoms with van der Waals surface area (Å²) in [6, 6.07) is 11.4. The molecule has 4 fully saturated rings. The number of ether oxygens (including phenoxy) is 1. The Kier molecular flexibility index (Phi) is 6.11. The Hall–Kier alpha value is -2.65. The third-order valence-electron chi connectivity index (χ3n) is 9.63. The van der Waals surface area contributed by atoms with Gasteiger partial charge in [-0.25, -0.2) is 8.78 Å². The number of para-hydroxylation sites is 1. The van der Waals surface area contributed by atoms with Crippen LogP contribution in [0.2, 0.25) is 0 Å². The molecule has 3 heterocycles. The number of carbonyl (C=O) groups is 1. The second kappa shape index (κ2) is 9.52. The van der Waals surface area contributed by atoms with E-state index in [1.54, 1.807) is 0 Å². The van der Waals surface area contributed by atoms with Crippen LogP contribution in [0.1, 0.15) is 42.4 Å². The molecule has 6 atom stereocenters. The number of carbonyl (C=O) groups excluding carboxylic acids is 1. The molecule has 2 aromatic rings. The lowest BCUT2D eigenvalue weighted by Gasteiger charge is -2.33. The van der Waals surface area contributed by atoms with Crippen LogP contribution in [0, 0.1) is 29.4 Å². The number of anilines is 1. The summed E-state index contributed by atoms with van der Waals surface area (Å²) < 4.78 is 35.0. The maximum Gasteiger partial charge on any atom is 0.235 e. The fourth-order valence-electron chi connectivity index (χ4n) is 7.52. The highest BCUT2D eigenvalue weighted by Crippen LogP contribution is 2.64. The van der Waals surface area contributed by atoms with E-state index >= 15 is 0 Å². The second-order valence-corrected chi connectivity index (χ2v) is 11.7. The fourth-order valence-corrected chi connectivity index (χ4v) is 7.52. The van der Waals surface area contributed by atoms with Crippen molar-refractivity contribution >= 4 is 17.7 Å². The first kappa shape index (κ1) is 24.4. The van der Waals surface area contributed by atoms with Gasteiger partial charge in [-0.1, -0.05) is 30.4 Å². The number of nitrogens with zero attached hydrogens (tertiary/aromatic N) is 1. The third kappa shape index (κ3) is 4.09. The van der Waals surface area contributed by atoms with Gasteiger partial charge in [0.1, 0.15) is 11.6 Å². The van der Waals surface area contributed by atoms with E-state index in [1.807, 2.05) is 35.3 Å². The van der Waals surface area contributed by atoms with Crippen molar-refractivity contribution in [2.24, 2.45) is 17.8 Å². The maximum absolute atomic E-state index is 14.8. The van der Waals surface area contributed by atoms with Gasteiger partial charge in [-0.15, -0.1) is 0 Å². The van der Waals surface area contributed by atoms with Gasteiger partial charge in [-0.2, -0.15) is 0 Å². The predicted molar refractivity (Wildman–Crippen MR) is 141 cm³/mol. The van der Waals surface area contributed by atoms with E-state index in [-0.39, 0.29) is 29.5 Å². The molecule has 2 saturated carbocycles. The van der Waals surface area contributed by atoms with Crippen LogP contribution in [0.4, 0.5) is 14.5 Å². The highest BCUT2D eigenvalue weighted by atomic mass is 19.1. The largest absolute Gasteiger partial charge is 0.379 e. The van der Waals surface area contributed by atoms with Crippen molar-refractivity contribution in [2.75, 3.05) is 31.6 Å². The van der Waals surface area contributed by atoms with Gasteiger partial charge in [0.05, 0.1) is 18.6 Å². The summed E-state index contributed by atoms with van der Waals surface area (Å²) in [5.41, 5.74) is 9.36. The molecule has 2 aromatic carbocycles. The van der Waals surface area contributed by atoms with Crippen LogP contribution in [0.3, 0.4) is 0 Å². The predicted octanol–water partition coefficient (Wildman–Crippen LogP) is 3.98. The van der Waals surface area contributed by atoms with Gasteiger partial charge in [-0.3, -0.25) is 20.5 Å². The summed E-state index contributed by atoms with van der Waals surface area (Å²) in [6.45, 7) is 2.83. The molecule has 1 amide bonds. The molecule has 0 radical (unpaired) electrons. The summed E-state index contributed by atoms with van der Waals surface area (Å²) in [4.78, 5) is 14.9. The molecule has 2 saturated heterocycles. The average Bonchev–Trinajstić information content (AvgIpc) is 3.46. The standard InChI is InChI=1S/C30H34F2N4O2/c31-24-13-18(14-25(32)21(24)17-36-9-11-38-12-10-36)5-8-26-20-7-6-19(15-28(20)35-34-26)23-16-30(23)22-3-1-2-4-27(22)33-29(30)37/h1-5,8,13-14,19-20,23,26,28,34-35H,6-7,9-12,15-17H2,(H,33,37)/b8-5+/t19?,20?,23-,26?,28?,30-/m0/s1. The molecule has 3 aliphatic heterocycles. The molecule has 0 aromatic heterocycles. The normalized spacial score (nSPS) is 34.5. The number of amides is 1. The smallest absolute Gasteiger partial charge is 0.235 e. The first-order chi connectivity index (χ1) is 18.5. The van der Waals surface area contributed by atoms with Crippen LogP contribution in [-0.4, -0.2) is 49.2 Å². The lowest BCUT2D eigenvalue weighted by Crippen LogP contribution is -2.37. The summed E-state index contributed by atoms with van der Waals surface area (Å²) >= 11 is 0. The zero-order valence-corrected chi connectivity index (χ0v) is 21.4. The van der Waals surface area contributed by atoms with Crippen LogP contribution in [0.25, 0.3) is 6.08 Å². The Labute approximate surface area is 221 Å². The van der Waals surface area contributed by atoms with Crippen LogP contribution in [0.5, 0.6) is 0 Å². The van der Waals surface area contributed by atoms with Gasteiger partial charge >= 0.3 is 0 Å². The molecular formula is C30H34F2N4O2. The van der Waals surface area contributed by atoms with E-state index in [1.165, 1.54) is 17.7 Å². The summed E-state index contributed by atoms with van der Waals surface area (Å²) in [5.74, 6) is 0.486. The highest BCUT2D eigenvalue weighted by molar-refractivity contribution is 6.08. The molecule has 6 nitrogen and oxygen atoms in total. The minimum atomic E-state index is -0.497. The van der Waals surface area contributed by atoms with Gasteiger partial charge in [0.25, 0.3) is 0 Å². The van der Waals surface area contributed by atoms with Gasteiger partial charge in [0.15, 0.2) is 0 Å². The number of hydrazine groups is 1. The maximum atomic E-state index is 14.8. The Morgan fingerprint density at radius 3 is 2.68 bits per heavy atom. The zero-order valence-electron chi connectivity index (χ0n) is 21.4. The number of rotatable bonds is 5. The van der Waals surface area contributed by atoms with E-state index in [2.05, 4.69) is 22.2 Å². The van der Waals surface area contributed by atoms with E-state index in [0.717, 1.165) is 31.4 Å². The highest BCUT2D eigenvalue weighted by Gasteiger charge is 2.67. The Morgan fingerprint density at radius 1 is 1.08 bits per heavy atom. The van der Waals surface area contributed by atoms with E-state index < -0.39 is 11.6 Å². The number of morpholine rings is 1. The number of nitrogens with one attached hydrogen (secondary N) is 3. The van der Waals surface area contributed by atoms with Crippen LogP contribution < -0.4 is 16.2 Å². The number of benzene rings is 2. The van der Waals surface area contributed by atoms with E-state index in [4.69, 9.17) is 4.74 Å². The second-order valence-electron chi connectivity index (χ2n) is 11.7. The molecule has 1 spiro atoms. The monoisotopic (exact) mass is 520 g/mol. The quantitative estimate of drug-likeness (QED) is 0.557. The topological polar surface area (TPSA) is 65.6 Å².